The molecule has 0 radical (unpaired) electrons. The Kier molecular flexibility index (Phi) is 6.34. The van der Waals surface area contributed by atoms with Crippen LogP contribution in [0.4, 0.5) is 4.39 Å². The summed E-state index contributed by atoms with van der Waals surface area (Å²) >= 11 is 0. The van der Waals surface area contributed by atoms with Crippen LogP contribution in [-0.4, -0.2) is 5.91 Å². The van der Waals surface area contributed by atoms with Gasteiger partial charge in [-0.15, -0.1) is 0 Å². The molecular formula is C12H18FNO. The minimum Gasteiger partial charge on any atom is -0.350 e. The Hall–Kier alpha value is -1.38. The van der Waals surface area contributed by atoms with Gasteiger partial charge in [0.05, 0.1) is 6.04 Å². The monoisotopic (exact) mass is 211 g/mol. The third-order valence-corrected chi connectivity index (χ3v) is 1.79. The molecule has 0 aliphatic heterocycles. The Balaban J connectivity index is 0.000000921. The van der Waals surface area contributed by atoms with Crippen LogP contribution in [0, 0.1) is 5.82 Å². The van der Waals surface area contributed by atoms with Gasteiger partial charge in [0.1, 0.15) is 5.82 Å². The van der Waals surface area contributed by atoms with Crippen LogP contribution in [0.25, 0.3) is 0 Å². The van der Waals surface area contributed by atoms with Gasteiger partial charge < -0.3 is 5.32 Å². The summed E-state index contributed by atoms with van der Waals surface area (Å²) < 4.78 is 13.1. The van der Waals surface area contributed by atoms with E-state index in [9.17, 15) is 9.18 Å². The molecule has 1 atom stereocenters. The van der Waals surface area contributed by atoms with Crippen molar-refractivity contribution >= 4 is 5.91 Å². The molecule has 3 heteroatoms. The smallest absolute Gasteiger partial charge is 0.217 e. The van der Waals surface area contributed by atoms with E-state index in [2.05, 4.69) is 5.32 Å². The fourth-order valence-corrected chi connectivity index (χ4v) is 1.21. The maximum atomic E-state index is 13.1. The van der Waals surface area contributed by atoms with Crippen molar-refractivity contribution in [2.75, 3.05) is 0 Å². The van der Waals surface area contributed by atoms with Gasteiger partial charge in [0.15, 0.2) is 0 Å². The van der Waals surface area contributed by atoms with Crippen molar-refractivity contribution in [3.05, 3.63) is 35.6 Å². The maximum Gasteiger partial charge on any atom is 0.217 e. The predicted octanol–water partition coefficient (Wildman–Crippen LogP) is 3.05. The largest absolute Gasteiger partial charge is 0.350 e. The average molecular weight is 211 g/mol. The first-order chi connectivity index (χ1) is 7.11. The molecule has 2 nitrogen and oxygen atoms in total. The molecule has 0 aliphatic carbocycles. The van der Waals surface area contributed by atoms with Gasteiger partial charge in [-0.25, -0.2) is 4.39 Å². The lowest BCUT2D eigenvalue weighted by Crippen LogP contribution is -2.24. The minimum absolute atomic E-state index is 0.157. The lowest BCUT2D eigenvalue weighted by molar-refractivity contribution is -0.119. The highest BCUT2D eigenvalue weighted by atomic mass is 19.1. The minimum atomic E-state index is -0.288. The predicted molar refractivity (Wildman–Crippen MR) is 60.0 cm³/mol. The second kappa shape index (κ2) is 6.98. The number of benzene rings is 1. The standard InChI is InChI=1S/C10H12FNO.C2H6/c1-7(12-8(2)13)9-5-3-4-6-10(9)11;1-2/h3-7H,1-2H3,(H,12,13);1-2H3. The first-order valence-electron chi connectivity index (χ1n) is 5.13. The molecule has 0 heterocycles. The van der Waals surface area contributed by atoms with E-state index in [0.29, 0.717) is 5.56 Å². The van der Waals surface area contributed by atoms with Gasteiger partial charge in [-0.2, -0.15) is 0 Å². The summed E-state index contributed by atoms with van der Waals surface area (Å²) in [5, 5.41) is 2.62. The number of rotatable bonds is 2. The van der Waals surface area contributed by atoms with Crippen molar-refractivity contribution < 1.29 is 9.18 Å². The zero-order valence-corrected chi connectivity index (χ0v) is 9.67. The van der Waals surface area contributed by atoms with E-state index in [1.165, 1.54) is 13.0 Å². The molecule has 0 bridgehead atoms. The molecule has 1 aromatic rings. The Morgan fingerprint density at radius 2 is 1.87 bits per heavy atom. The Labute approximate surface area is 90.5 Å². The molecule has 1 unspecified atom stereocenters. The van der Waals surface area contributed by atoms with Crippen molar-refractivity contribution in [2.45, 2.75) is 33.7 Å². The number of nitrogens with one attached hydrogen (secondary N) is 1. The summed E-state index contributed by atoms with van der Waals surface area (Å²) in [6.45, 7) is 7.16. The van der Waals surface area contributed by atoms with Crippen LogP contribution < -0.4 is 5.32 Å². The van der Waals surface area contributed by atoms with Gasteiger partial charge in [-0.3, -0.25) is 4.79 Å². The molecular weight excluding hydrogens is 193 g/mol. The zero-order chi connectivity index (χ0) is 11.8. The Morgan fingerprint density at radius 1 is 1.33 bits per heavy atom. The normalized spacial score (nSPS) is 11.0. The van der Waals surface area contributed by atoms with Crippen LogP contribution in [0.3, 0.4) is 0 Å². The summed E-state index contributed by atoms with van der Waals surface area (Å²) in [7, 11) is 0. The number of hydrogen-bond donors (Lipinski definition) is 1. The first-order valence-corrected chi connectivity index (χ1v) is 5.13. The second-order valence-corrected chi connectivity index (χ2v) is 2.94. The van der Waals surface area contributed by atoms with Gasteiger partial charge in [-0.05, 0) is 13.0 Å². The van der Waals surface area contributed by atoms with Crippen LogP contribution in [0.1, 0.15) is 39.3 Å². The summed E-state index contributed by atoms with van der Waals surface area (Å²) in [5.74, 6) is -0.445. The van der Waals surface area contributed by atoms with E-state index in [1.807, 2.05) is 13.8 Å². The highest BCUT2D eigenvalue weighted by molar-refractivity contribution is 5.73. The van der Waals surface area contributed by atoms with E-state index in [1.54, 1.807) is 25.1 Å². The molecule has 1 rings (SSSR count). The lowest BCUT2D eigenvalue weighted by atomic mass is 10.1. The molecule has 0 saturated heterocycles. The van der Waals surface area contributed by atoms with Gasteiger partial charge in [0.25, 0.3) is 0 Å². The fourth-order valence-electron chi connectivity index (χ4n) is 1.21. The number of hydrogen-bond acceptors (Lipinski definition) is 1. The van der Waals surface area contributed by atoms with E-state index in [4.69, 9.17) is 0 Å². The van der Waals surface area contributed by atoms with Crippen LogP contribution >= 0.6 is 0 Å². The summed E-state index contributed by atoms with van der Waals surface area (Å²) in [6.07, 6.45) is 0. The highest BCUT2D eigenvalue weighted by Gasteiger charge is 2.09. The molecule has 84 valence electrons. The maximum absolute atomic E-state index is 13.1. The van der Waals surface area contributed by atoms with Gasteiger partial charge in [0.2, 0.25) is 5.91 Å². The molecule has 0 spiro atoms. The van der Waals surface area contributed by atoms with E-state index in [0.717, 1.165) is 0 Å². The van der Waals surface area contributed by atoms with Gasteiger partial charge in [0, 0.05) is 12.5 Å². The van der Waals surface area contributed by atoms with Crippen molar-refractivity contribution in [3.63, 3.8) is 0 Å². The lowest BCUT2D eigenvalue weighted by Gasteiger charge is -2.12. The molecule has 1 aromatic carbocycles. The molecule has 0 saturated carbocycles. The number of amides is 1. The van der Waals surface area contributed by atoms with Crippen molar-refractivity contribution in [3.8, 4) is 0 Å². The van der Waals surface area contributed by atoms with Gasteiger partial charge in [-0.1, -0.05) is 32.0 Å². The fraction of sp³-hybridized carbons (Fsp3) is 0.417. The third kappa shape index (κ3) is 4.58. The molecule has 0 aromatic heterocycles. The van der Waals surface area contributed by atoms with Crippen molar-refractivity contribution in [1.29, 1.82) is 0 Å². The van der Waals surface area contributed by atoms with Crippen LogP contribution in [0.5, 0.6) is 0 Å². The summed E-state index contributed by atoms with van der Waals surface area (Å²) in [4.78, 5) is 10.7. The van der Waals surface area contributed by atoms with Crippen molar-refractivity contribution in [1.82, 2.24) is 5.32 Å². The molecule has 1 N–H and O–H groups in total. The third-order valence-electron chi connectivity index (χ3n) is 1.79. The Bertz CT molecular complexity index is 312. The van der Waals surface area contributed by atoms with Crippen LogP contribution in [0.2, 0.25) is 0 Å². The topological polar surface area (TPSA) is 29.1 Å². The molecule has 0 fully saturated rings. The molecule has 1 amide bonds. The van der Waals surface area contributed by atoms with Crippen LogP contribution in [0.15, 0.2) is 24.3 Å². The van der Waals surface area contributed by atoms with Crippen LogP contribution in [-0.2, 0) is 4.79 Å². The molecule has 0 aliphatic rings. The number of carbonyl (C=O) groups is 1. The number of halogens is 1. The second-order valence-electron chi connectivity index (χ2n) is 2.94. The SMILES string of the molecule is CC.CC(=O)NC(C)c1ccccc1F. The average Bonchev–Trinajstić information content (AvgIpc) is 2.20. The van der Waals surface area contributed by atoms with E-state index < -0.39 is 0 Å². The van der Waals surface area contributed by atoms with Gasteiger partial charge >= 0.3 is 0 Å². The quantitative estimate of drug-likeness (QED) is 0.800. The van der Waals surface area contributed by atoms with E-state index in [-0.39, 0.29) is 17.8 Å². The van der Waals surface area contributed by atoms with Crippen molar-refractivity contribution in [2.24, 2.45) is 0 Å². The highest BCUT2D eigenvalue weighted by Crippen LogP contribution is 2.15. The zero-order valence-electron chi connectivity index (χ0n) is 9.67. The summed E-state index contributed by atoms with van der Waals surface area (Å²) in [5.41, 5.74) is 0.512. The number of carbonyl (C=O) groups excluding carboxylic acids is 1. The first kappa shape index (κ1) is 13.6. The molecule has 15 heavy (non-hydrogen) atoms. The Morgan fingerprint density at radius 3 is 2.33 bits per heavy atom. The summed E-state index contributed by atoms with van der Waals surface area (Å²) in [6, 6.07) is 6.14. The van der Waals surface area contributed by atoms with E-state index >= 15 is 0 Å².